The van der Waals surface area contributed by atoms with Gasteiger partial charge in [0.25, 0.3) is 0 Å². The molecule has 6 nitrogen and oxygen atoms in total. The van der Waals surface area contributed by atoms with Gasteiger partial charge >= 0.3 is 5.97 Å². The number of esters is 1. The molecule has 0 bridgehead atoms. The molecular weight excluding hydrogens is 316 g/mol. The molecule has 0 aliphatic rings. The Bertz CT molecular complexity index is 943. The van der Waals surface area contributed by atoms with Gasteiger partial charge in [-0.3, -0.25) is 0 Å². The highest BCUT2D eigenvalue weighted by Crippen LogP contribution is 2.28. The van der Waals surface area contributed by atoms with E-state index in [-0.39, 0.29) is 5.56 Å². The second-order valence-electron chi connectivity index (χ2n) is 6.36. The van der Waals surface area contributed by atoms with Crippen LogP contribution >= 0.6 is 0 Å². The van der Waals surface area contributed by atoms with Crippen LogP contribution in [0.25, 0.3) is 22.2 Å². The maximum absolute atomic E-state index is 12.6. The smallest absolute Gasteiger partial charge is 0.344 e. The summed E-state index contributed by atoms with van der Waals surface area (Å²) in [6.07, 6.45) is 2.51. The van der Waals surface area contributed by atoms with Crippen molar-refractivity contribution >= 4 is 34.0 Å². The molecule has 3 aromatic rings. The molecule has 0 unspecified atom stereocenters. The quantitative estimate of drug-likeness (QED) is 0.549. The lowest BCUT2D eigenvalue weighted by molar-refractivity contribution is 0.0491. The largest absolute Gasteiger partial charge is 0.462 e. The maximum atomic E-state index is 12.6. The first-order chi connectivity index (χ1) is 12.0. The Kier molecular flexibility index (Phi) is 4.70. The van der Waals surface area contributed by atoms with E-state index in [2.05, 4.69) is 30.4 Å². The van der Waals surface area contributed by atoms with E-state index in [0.717, 1.165) is 11.9 Å². The second-order valence-corrected chi connectivity index (χ2v) is 6.36. The standard InChI is InChI=1S/C19H22N4O2/c1-4-10-23-17(20)15(19(24)25-11-9-12(2)3)16-18(23)22-14-8-6-5-7-13(14)21-16/h4-8,12H,1,9-11,20H2,2-3H3. The van der Waals surface area contributed by atoms with Gasteiger partial charge in [-0.05, 0) is 24.5 Å². The molecule has 25 heavy (non-hydrogen) atoms. The van der Waals surface area contributed by atoms with Crippen LogP contribution in [0.4, 0.5) is 5.82 Å². The van der Waals surface area contributed by atoms with Crippen molar-refractivity contribution < 1.29 is 9.53 Å². The molecule has 0 atom stereocenters. The third-order valence-electron chi connectivity index (χ3n) is 4.04. The second kappa shape index (κ2) is 6.93. The summed E-state index contributed by atoms with van der Waals surface area (Å²) >= 11 is 0. The van der Waals surface area contributed by atoms with Crippen molar-refractivity contribution in [2.75, 3.05) is 12.3 Å². The maximum Gasteiger partial charge on any atom is 0.344 e. The van der Waals surface area contributed by atoms with E-state index in [0.29, 0.717) is 41.6 Å². The van der Waals surface area contributed by atoms with Crippen molar-refractivity contribution in [3.05, 3.63) is 42.5 Å². The normalized spacial score (nSPS) is 11.3. The molecule has 0 aliphatic carbocycles. The van der Waals surface area contributed by atoms with Gasteiger partial charge in [-0.15, -0.1) is 6.58 Å². The van der Waals surface area contributed by atoms with E-state index in [9.17, 15) is 4.79 Å². The molecule has 2 heterocycles. The van der Waals surface area contributed by atoms with Crippen LogP contribution in [0.1, 0.15) is 30.6 Å². The van der Waals surface area contributed by atoms with Crippen molar-refractivity contribution in [2.45, 2.75) is 26.8 Å². The third-order valence-corrected chi connectivity index (χ3v) is 4.04. The van der Waals surface area contributed by atoms with Gasteiger partial charge in [0, 0.05) is 6.54 Å². The number of nitrogens with zero attached hydrogens (tertiary/aromatic N) is 3. The number of fused-ring (bicyclic) bond motifs is 2. The van der Waals surface area contributed by atoms with E-state index in [1.165, 1.54) is 0 Å². The van der Waals surface area contributed by atoms with Gasteiger partial charge in [-0.25, -0.2) is 14.8 Å². The molecule has 1 aromatic carbocycles. The summed E-state index contributed by atoms with van der Waals surface area (Å²) in [5, 5.41) is 0. The fourth-order valence-corrected chi connectivity index (χ4v) is 2.69. The number of allylic oxidation sites excluding steroid dienone is 1. The zero-order valence-electron chi connectivity index (χ0n) is 14.5. The van der Waals surface area contributed by atoms with E-state index < -0.39 is 5.97 Å². The number of benzene rings is 1. The number of rotatable bonds is 6. The van der Waals surface area contributed by atoms with Crippen LogP contribution in [0.2, 0.25) is 0 Å². The summed E-state index contributed by atoms with van der Waals surface area (Å²) in [6.45, 7) is 8.70. The monoisotopic (exact) mass is 338 g/mol. The van der Waals surface area contributed by atoms with Crippen molar-refractivity contribution in [1.29, 1.82) is 0 Å². The zero-order chi connectivity index (χ0) is 18.0. The predicted octanol–water partition coefficient (Wildman–Crippen LogP) is 3.56. The molecule has 0 saturated heterocycles. The zero-order valence-corrected chi connectivity index (χ0v) is 14.5. The van der Waals surface area contributed by atoms with Gasteiger partial charge < -0.3 is 15.0 Å². The molecule has 0 fully saturated rings. The highest BCUT2D eigenvalue weighted by molar-refractivity contribution is 6.08. The van der Waals surface area contributed by atoms with Crippen LogP contribution in [-0.2, 0) is 11.3 Å². The number of hydrogen-bond acceptors (Lipinski definition) is 5. The summed E-state index contributed by atoms with van der Waals surface area (Å²) in [4.78, 5) is 21.8. The highest BCUT2D eigenvalue weighted by Gasteiger charge is 2.24. The Labute approximate surface area is 146 Å². The van der Waals surface area contributed by atoms with E-state index >= 15 is 0 Å². The summed E-state index contributed by atoms with van der Waals surface area (Å²) in [5.41, 5.74) is 8.99. The first-order valence-corrected chi connectivity index (χ1v) is 8.35. The Morgan fingerprint density at radius 2 is 2.00 bits per heavy atom. The molecular formula is C19H22N4O2. The number of hydrogen-bond donors (Lipinski definition) is 1. The highest BCUT2D eigenvalue weighted by atomic mass is 16.5. The Hall–Kier alpha value is -2.89. The minimum absolute atomic E-state index is 0.277. The van der Waals surface area contributed by atoms with Crippen molar-refractivity contribution in [3.8, 4) is 0 Å². The third kappa shape index (κ3) is 3.20. The SMILES string of the molecule is C=CCn1c(N)c(C(=O)OCCC(C)C)c2nc3ccccc3nc21. The van der Waals surface area contributed by atoms with Crippen LogP contribution < -0.4 is 5.73 Å². The lowest BCUT2D eigenvalue weighted by Crippen LogP contribution is -2.11. The molecule has 2 aromatic heterocycles. The minimum atomic E-state index is -0.462. The van der Waals surface area contributed by atoms with E-state index in [1.807, 2.05) is 24.3 Å². The average Bonchev–Trinajstić information content (AvgIpc) is 2.84. The number of aromatic nitrogens is 3. The van der Waals surface area contributed by atoms with Crippen LogP contribution in [0, 0.1) is 5.92 Å². The van der Waals surface area contributed by atoms with Gasteiger partial charge in [-0.1, -0.05) is 32.1 Å². The minimum Gasteiger partial charge on any atom is -0.462 e. The number of ether oxygens (including phenoxy) is 1. The summed E-state index contributed by atoms with van der Waals surface area (Å²) in [6, 6.07) is 7.52. The lowest BCUT2D eigenvalue weighted by Gasteiger charge is -2.07. The lowest BCUT2D eigenvalue weighted by atomic mass is 10.1. The first-order valence-electron chi connectivity index (χ1n) is 8.35. The van der Waals surface area contributed by atoms with Gasteiger partial charge in [0.05, 0.1) is 17.6 Å². The van der Waals surface area contributed by atoms with Crippen LogP contribution in [0.15, 0.2) is 36.9 Å². The molecule has 130 valence electrons. The molecule has 6 heteroatoms. The van der Waals surface area contributed by atoms with Gasteiger partial charge in [0.1, 0.15) is 16.9 Å². The summed E-state index contributed by atoms with van der Waals surface area (Å²) in [7, 11) is 0. The fraction of sp³-hybridized carbons (Fsp3) is 0.316. The Morgan fingerprint density at radius 1 is 1.32 bits per heavy atom. The molecule has 2 N–H and O–H groups in total. The molecule has 0 aliphatic heterocycles. The van der Waals surface area contributed by atoms with Gasteiger partial charge in [0.2, 0.25) is 0 Å². The van der Waals surface area contributed by atoms with Crippen molar-refractivity contribution in [2.24, 2.45) is 5.92 Å². The molecule has 3 rings (SSSR count). The molecule has 0 radical (unpaired) electrons. The predicted molar refractivity (Wildman–Crippen MR) is 99.4 cm³/mol. The first kappa shape index (κ1) is 17.0. The van der Waals surface area contributed by atoms with Gasteiger partial charge in [0.15, 0.2) is 5.65 Å². The number of para-hydroxylation sites is 2. The van der Waals surface area contributed by atoms with Gasteiger partial charge in [-0.2, -0.15) is 0 Å². The number of nitrogens with two attached hydrogens (primary N) is 1. The number of carbonyl (C=O) groups excluding carboxylic acids is 1. The van der Waals surface area contributed by atoms with Crippen LogP contribution in [0.3, 0.4) is 0 Å². The number of carbonyl (C=O) groups is 1. The number of anilines is 1. The fourth-order valence-electron chi connectivity index (χ4n) is 2.69. The molecule has 0 amide bonds. The summed E-state index contributed by atoms with van der Waals surface area (Å²) < 4.78 is 7.14. The van der Waals surface area contributed by atoms with Crippen LogP contribution in [-0.4, -0.2) is 27.1 Å². The van der Waals surface area contributed by atoms with E-state index in [1.54, 1.807) is 10.6 Å². The summed E-state index contributed by atoms with van der Waals surface area (Å²) in [5.74, 6) is 0.297. The Morgan fingerprint density at radius 3 is 2.64 bits per heavy atom. The molecule has 0 saturated carbocycles. The van der Waals surface area contributed by atoms with Crippen molar-refractivity contribution in [1.82, 2.24) is 14.5 Å². The topological polar surface area (TPSA) is 83.0 Å². The number of nitrogen functional groups attached to an aromatic ring is 1. The van der Waals surface area contributed by atoms with E-state index in [4.69, 9.17) is 10.5 Å². The van der Waals surface area contributed by atoms with Crippen LogP contribution in [0.5, 0.6) is 0 Å². The Balaban J connectivity index is 2.12. The molecule has 0 spiro atoms. The van der Waals surface area contributed by atoms with Crippen molar-refractivity contribution in [3.63, 3.8) is 0 Å². The average molecular weight is 338 g/mol.